The third-order valence-corrected chi connectivity index (χ3v) is 6.82. The first-order chi connectivity index (χ1) is 15.5. The van der Waals surface area contributed by atoms with Crippen molar-refractivity contribution < 1.29 is 19.1 Å². The molecule has 0 radical (unpaired) electrons. The lowest BCUT2D eigenvalue weighted by Crippen LogP contribution is -2.41. The molecule has 32 heavy (non-hydrogen) atoms. The van der Waals surface area contributed by atoms with Gasteiger partial charge in [-0.3, -0.25) is 9.59 Å². The molecule has 0 unspecified atom stereocenters. The smallest absolute Gasteiger partial charge is 0.260 e. The van der Waals surface area contributed by atoms with Gasteiger partial charge in [-0.25, -0.2) is 0 Å². The van der Waals surface area contributed by atoms with Crippen LogP contribution in [0.2, 0.25) is 5.02 Å². The normalized spacial score (nSPS) is 13.7. The van der Waals surface area contributed by atoms with Crippen LogP contribution >= 0.6 is 22.9 Å². The van der Waals surface area contributed by atoms with E-state index < -0.39 is 0 Å². The highest BCUT2D eigenvalue weighted by Gasteiger charge is 2.28. The Labute approximate surface area is 195 Å². The number of carbonyl (C=O) groups excluding carboxylic acids is 2. The molecule has 0 aliphatic carbocycles. The number of ether oxygens (including phenoxy) is 2. The van der Waals surface area contributed by atoms with Crippen LogP contribution in [-0.4, -0.2) is 50.1 Å². The van der Waals surface area contributed by atoms with Crippen molar-refractivity contribution in [3.05, 3.63) is 70.2 Å². The molecule has 3 aromatic rings. The van der Waals surface area contributed by atoms with E-state index in [-0.39, 0.29) is 11.8 Å². The van der Waals surface area contributed by atoms with Gasteiger partial charge >= 0.3 is 0 Å². The maximum Gasteiger partial charge on any atom is 0.260 e. The van der Waals surface area contributed by atoms with E-state index in [0.717, 1.165) is 16.0 Å². The largest absolute Gasteiger partial charge is 0.496 e. The zero-order valence-electron chi connectivity index (χ0n) is 17.8. The number of morpholine rings is 1. The van der Waals surface area contributed by atoms with Crippen LogP contribution in [0, 0.1) is 6.92 Å². The van der Waals surface area contributed by atoms with E-state index >= 15 is 0 Å². The first-order valence-electron chi connectivity index (χ1n) is 10.2. The fourth-order valence-electron chi connectivity index (χ4n) is 3.67. The Morgan fingerprint density at radius 1 is 1.12 bits per heavy atom. The third kappa shape index (κ3) is 4.50. The zero-order chi connectivity index (χ0) is 22.7. The van der Waals surface area contributed by atoms with Crippen LogP contribution in [-0.2, 0) is 4.74 Å². The number of hydrogen-bond acceptors (Lipinski definition) is 5. The van der Waals surface area contributed by atoms with Crippen molar-refractivity contribution in [2.24, 2.45) is 0 Å². The minimum Gasteiger partial charge on any atom is -0.496 e. The molecule has 2 heterocycles. The molecular formula is C24H23ClN2O4S. The van der Waals surface area contributed by atoms with Crippen LogP contribution in [0.15, 0.2) is 48.5 Å². The number of carbonyl (C=O) groups is 2. The Kier molecular flexibility index (Phi) is 6.79. The first kappa shape index (κ1) is 22.3. The molecule has 0 spiro atoms. The predicted molar refractivity (Wildman–Crippen MR) is 127 cm³/mol. The second kappa shape index (κ2) is 9.73. The SMILES string of the molecule is COc1cc(Cl)ccc1C(=O)Nc1sc(-c2ccccc2)c(C)c1C(=O)N1CCOCC1. The Hall–Kier alpha value is -2.87. The van der Waals surface area contributed by atoms with Gasteiger partial charge in [0.15, 0.2) is 0 Å². The molecule has 1 N–H and O–H groups in total. The quantitative estimate of drug-likeness (QED) is 0.562. The summed E-state index contributed by atoms with van der Waals surface area (Å²) in [5, 5.41) is 3.94. The van der Waals surface area contributed by atoms with Gasteiger partial charge in [0.2, 0.25) is 0 Å². The molecule has 1 saturated heterocycles. The van der Waals surface area contributed by atoms with E-state index in [2.05, 4.69) is 5.32 Å². The number of amides is 2. The zero-order valence-corrected chi connectivity index (χ0v) is 19.4. The van der Waals surface area contributed by atoms with E-state index in [1.807, 2.05) is 37.3 Å². The number of hydrogen-bond donors (Lipinski definition) is 1. The van der Waals surface area contributed by atoms with E-state index in [1.165, 1.54) is 18.4 Å². The summed E-state index contributed by atoms with van der Waals surface area (Å²) in [5.41, 5.74) is 2.69. The van der Waals surface area contributed by atoms with Crippen molar-refractivity contribution >= 4 is 39.8 Å². The molecule has 8 heteroatoms. The van der Waals surface area contributed by atoms with Crippen molar-refractivity contribution in [2.45, 2.75) is 6.92 Å². The lowest BCUT2D eigenvalue weighted by Gasteiger charge is -2.27. The van der Waals surface area contributed by atoms with Gasteiger partial charge in [-0.05, 0) is 36.2 Å². The average molecular weight is 471 g/mol. The second-order valence-electron chi connectivity index (χ2n) is 7.33. The molecule has 0 atom stereocenters. The van der Waals surface area contributed by atoms with Crippen LogP contribution in [0.25, 0.3) is 10.4 Å². The van der Waals surface area contributed by atoms with Gasteiger partial charge in [0.05, 0.1) is 31.5 Å². The molecule has 1 aliphatic heterocycles. The summed E-state index contributed by atoms with van der Waals surface area (Å²) >= 11 is 7.43. The number of nitrogens with zero attached hydrogens (tertiary/aromatic N) is 1. The van der Waals surface area contributed by atoms with Gasteiger partial charge in [0.1, 0.15) is 10.8 Å². The second-order valence-corrected chi connectivity index (χ2v) is 8.79. The minimum absolute atomic E-state index is 0.109. The Balaban J connectivity index is 1.74. The number of rotatable bonds is 5. The summed E-state index contributed by atoms with van der Waals surface area (Å²) < 4.78 is 10.7. The summed E-state index contributed by atoms with van der Waals surface area (Å²) in [7, 11) is 1.48. The molecule has 0 bridgehead atoms. The summed E-state index contributed by atoms with van der Waals surface area (Å²) in [6.07, 6.45) is 0. The number of halogens is 1. The summed E-state index contributed by atoms with van der Waals surface area (Å²) in [6.45, 7) is 3.97. The maximum atomic E-state index is 13.5. The van der Waals surface area contributed by atoms with Crippen LogP contribution in [0.1, 0.15) is 26.3 Å². The lowest BCUT2D eigenvalue weighted by molar-refractivity contribution is 0.0303. The van der Waals surface area contributed by atoms with Crippen molar-refractivity contribution in [1.82, 2.24) is 4.90 Å². The van der Waals surface area contributed by atoms with E-state index in [4.69, 9.17) is 21.1 Å². The highest BCUT2D eigenvalue weighted by atomic mass is 35.5. The highest BCUT2D eigenvalue weighted by Crippen LogP contribution is 2.41. The predicted octanol–water partition coefficient (Wildman–Crippen LogP) is 5.11. The Bertz CT molecular complexity index is 1140. The van der Waals surface area contributed by atoms with Gasteiger partial charge in [-0.2, -0.15) is 0 Å². The molecule has 2 amide bonds. The number of nitrogens with one attached hydrogen (secondary N) is 1. The van der Waals surface area contributed by atoms with Crippen molar-refractivity contribution in [1.29, 1.82) is 0 Å². The van der Waals surface area contributed by atoms with Crippen LogP contribution < -0.4 is 10.1 Å². The minimum atomic E-state index is -0.365. The molecule has 166 valence electrons. The fraction of sp³-hybridized carbons (Fsp3) is 0.250. The summed E-state index contributed by atoms with van der Waals surface area (Å²) in [5.74, 6) is -0.106. The highest BCUT2D eigenvalue weighted by molar-refractivity contribution is 7.20. The van der Waals surface area contributed by atoms with E-state index in [1.54, 1.807) is 23.1 Å². The lowest BCUT2D eigenvalue weighted by atomic mass is 10.1. The monoisotopic (exact) mass is 470 g/mol. The number of methoxy groups -OCH3 is 1. The average Bonchev–Trinajstić information content (AvgIpc) is 3.14. The summed E-state index contributed by atoms with van der Waals surface area (Å²) in [6, 6.07) is 14.7. The Morgan fingerprint density at radius 2 is 1.84 bits per heavy atom. The van der Waals surface area contributed by atoms with Gasteiger partial charge < -0.3 is 19.7 Å². The van der Waals surface area contributed by atoms with Crippen LogP contribution in [0.3, 0.4) is 0 Å². The van der Waals surface area contributed by atoms with E-state index in [9.17, 15) is 9.59 Å². The molecular weight excluding hydrogens is 448 g/mol. The van der Waals surface area contributed by atoms with Gasteiger partial charge in [0, 0.05) is 23.0 Å². The molecule has 1 aliphatic rings. The molecule has 0 saturated carbocycles. The third-order valence-electron chi connectivity index (χ3n) is 5.33. The van der Waals surface area contributed by atoms with E-state index in [0.29, 0.717) is 53.2 Å². The molecule has 1 aromatic heterocycles. The topological polar surface area (TPSA) is 67.9 Å². The van der Waals surface area contributed by atoms with Crippen LogP contribution in [0.4, 0.5) is 5.00 Å². The summed E-state index contributed by atoms with van der Waals surface area (Å²) in [4.78, 5) is 29.3. The number of anilines is 1. The number of benzene rings is 2. The fourth-order valence-corrected chi connectivity index (χ4v) is 5.03. The maximum absolute atomic E-state index is 13.5. The molecule has 4 rings (SSSR count). The molecule has 2 aromatic carbocycles. The van der Waals surface area contributed by atoms with Gasteiger partial charge in [0.25, 0.3) is 11.8 Å². The van der Waals surface area contributed by atoms with Crippen LogP contribution in [0.5, 0.6) is 5.75 Å². The molecule has 6 nitrogen and oxygen atoms in total. The number of thiophene rings is 1. The van der Waals surface area contributed by atoms with Crippen molar-refractivity contribution in [3.63, 3.8) is 0 Å². The first-order valence-corrected chi connectivity index (χ1v) is 11.4. The van der Waals surface area contributed by atoms with Gasteiger partial charge in [-0.15, -0.1) is 11.3 Å². The van der Waals surface area contributed by atoms with Crippen molar-refractivity contribution in [2.75, 3.05) is 38.7 Å². The van der Waals surface area contributed by atoms with Gasteiger partial charge in [-0.1, -0.05) is 41.9 Å². The Morgan fingerprint density at radius 3 is 2.53 bits per heavy atom. The molecule has 1 fully saturated rings. The standard InChI is InChI=1S/C24H23ClN2O4S/c1-15-20(24(29)27-10-12-31-13-11-27)23(32-21(15)16-6-4-3-5-7-16)26-22(28)18-9-8-17(25)14-19(18)30-2/h3-9,14H,10-13H2,1-2H3,(H,26,28). The van der Waals surface area contributed by atoms with Crippen molar-refractivity contribution in [3.8, 4) is 16.2 Å².